The molecular formula is C30H41AlN2O2. The number of rotatable bonds is 0. The van der Waals surface area contributed by atoms with Crippen LogP contribution in [0.1, 0.15) is 101 Å². The van der Waals surface area contributed by atoms with Crippen molar-refractivity contribution in [3.05, 3.63) is 57.6 Å². The van der Waals surface area contributed by atoms with Gasteiger partial charge in [0, 0.05) is 23.6 Å². The summed E-state index contributed by atoms with van der Waals surface area (Å²) in [6, 6.07) is 9.29. The SMILES string of the molecule is Cc1cc2c(c(C(C)(C)C)c1)[O][AlH][O]c1c(cc(C)cc1C(C)(C)C)C=NC1CCCCC1N=C2. The smallest absolute Gasteiger partial charge is 0.614 e. The predicted octanol–water partition coefficient (Wildman–Crippen LogP) is 6.79. The first-order chi connectivity index (χ1) is 16.4. The zero-order chi connectivity index (χ0) is 25.4. The van der Waals surface area contributed by atoms with Crippen molar-refractivity contribution in [2.75, 3.05) is 0 Å². The van der Waals surface area contributed by atoms with Gasteiger partial charge in [-0.3, -0.25) is 9.98 Å². The largest absolute Gasteiger partial charge is 0.832 e. The second kappa shape index (κ2) is 10.1. The third kappa shape index (κ3) is 6.01. The standard InChI is InChI=1S/C30H42N2O2.Al.H/c1-19-13-21(27(33)23(15-19)29(3,4)5)17-31-25-11-9-10-12-26(25)32-18-22-14-20(2)16-24(28(22)34)30(6,7)8;;/h13-18,25-26,33-34H,9-12H2,1-8H3;;/q;+2;/p-2. The summed E-state index contributed by atoms with van der Waals surface area (Å²) in [6.45, 7) is 17.8. The molecule has 0 bridgehead atoms. The van der Waals surface area contributed by atoms with E-state index in [0.717, 1.165) is 35.5 Å². The van der Waals surface area contributed by atoms with Crippen LogP contribution in [0.5, 0.6) is 11.5 Å². The van der Waals surface area contributed by atoms with Gasteiger partial charge >= 0.3 is 15.9 Å². The number of nitrogens with zero attached hydrogens (tertiary/aromatic N) is 2. The minimum absolute atomic E-state index is 0.0472. The Hall–Kier alpha value is -2.09. The first-order valence-electron chi connectivity index (χ1n) is 13.1. The molecule has 1 aliphatic carbocycles. The highest BCUT2D eigenvalue weighted by atomic mass is 27.2. The Bertz CT molecular complexity index is 1050. The number of fused-ring (bicyclic) bond motifs is 3. The van der Waals surface area contributed by atoms with E-state index in [4.69, 9.17) is 17.6 Å². The molecule has 0 radical (unpaired) electrons. The molecule has 186 valence electrons. The molecule has 0 N–H and O–H groups in total. The quantitative estimate of drug-likeness (QED) is 0.383. The fourth-order valence-corrected chi connectivity index (χ4v) is 6.11. The Morgan fingerprint density at radius 2 is 1.09 bits per heavy atom. The molecule has 2 unspecified atom stereocenters. The Balaban J connectivity index is 1.88. The number of aryl methyl sites for hydroxylation is 2. The summed E-state index contributed by atoms with van der Waals surface area (Å²) in [6.07, 6.45) is 8.65. The molecule has 0 spiro atoms. The van der Waals surface area contributed by atoms with E-state index in [-0.39, 0.29) is 22.9 Å². The third-order valence-corrected chi connectivity index (χ3v) is 7.86. The molecule has 4 rings (SSSR count). The molecule has 5 heteroatoms. The van der Waals surface area contributed by atoms with Crippen molar-refractivity contribution in [2.24, 2.45) is 9.98 Å². The average Bonchev–Trinajstić information content (AvgIpc) is 2.77. The minimum atomic E-state index is -1.37. The molecule has 0 saturated heterocycles. The van der Waals surface area contributed by atoms with Crippen molar-refractivity contribution in [1.82, 2.24) is 0 Å². The second-order valence-electron chi connectivity index (χ2n) is 12.3. The van der Waals surface area contributed by atoms with Crippen LogP contribution in [0.3, 0.4) is 0 Å². The second-order valence-corrected chi connectivity index (χ2v) is 13.2. The van der Waals surface area contributed by atoms with Gasteiger partial charge in [0.25, 0.3) is 0 Å². The molecule has 0 amide bonds. The highest BCUT2D eigenvalue weighted by Crippen LogP contribution is 2.37. The summed E-state index contributed by atoms with van der Waals surface area (Å²) in [5, 5.41) is 0. The van der Waals surface area contributed by atoms with Crippen molar-refractivity contribution >= 4 is 28.3 Å². The van der Waals surface area contributed by atoms with Gasteiger partial charge < -0.3 is 7.58 Å². The van der Waals surface area contributed by atoms with Crippen LogP contribution in [-0.2, 0) is 10.8 Å². The maximum absolute atomic E-state index is 6.59. The molecule has 2 aromatic carbocycles. The lowest BCUT2D eigenvalue weighted by atomic mass is 9.84. The van der Waals surface area contributed by atoms with E-state index >= 15 is 0 Å². The zero-order valence-corrected chi connectivity index (χ0v) is 24.3. The maximum Gasteiger partial charge on any atom is 0.832 e. The molecule has 2 aromatic rings. The van der Waals surface area contributed by atoms with Crippen molar-refractivity contribution in [1.29, 1.82) is 0 Å². The van der Waals surface area contributed by atoms with Gasteiger partial charge in [0.1, 0.15) is 0 Å². The Morgan fingerprint density at radius 3 is 1.46 bits per heavy atom. The van der Waals surface area contributed by atoms with Gasteiger partial charge in [0.15, 0.2) is 0 Å². The zero-order valence-electron chi connectivity index (χ0n) is 22.9. The first-order valence-corrected chi connectivity index (χ1v) is 14.2. The average molecular weight is 489 g/mol. The number of hydrogen-bond donors (Lipinski definition) is 0. The molecule has 4 nitrogen and oxygen atoms in total. The maximum atomic E-state index is 6.59. The van der Waals surface area contributed by atoms with Crippen molar-refractivity contribution in [2.45, 2.75) is 104 Å². The van der Waals surface area contributed by atoms with Crippen LogP contribution < -0.4 is 7.58 Å². The van der Waals surface area contributed by atoms with Gasteiger partial charge in [0.05, 0.1) is 23.6 Å². The van der Waals surface area contributed by atoms with Crippen molar-refractivity contribution in [3.63, 3.8) is 0 Å². The van der Waals surface area contributed by atoms with Gasteiger partial charge in [-0.05, 0) is 71.9 Å². The number of aliphatic imine (C=N–C) groups is 2. The lowest BCUT2D eigenvalue weighted by Gasteiger charge is -2.27. The Morgan fingerprint density at radius 1 is 0.686 bits per heavy atom. The summed E-state index contributed by atoms with van der Waals surface area (Å²) < 4.78 is 13.2. The van der Waals surface area contributed by atoms with E-state index in [0.29, 0.717) is 0 Å². The summed E-state index contributed by atoms with van der Waals surface area (Å²) in [4.78, 5) is 10.2. The lowest BCUT2D eigenvalue weighted by molar-refractivity contribution is 0.390. The fraction of sp³-hybridized carbons (Fsp3) is 0.533. The van der Waals surface area contributed by atoms with Gasteiger partial charge in [-0.2, -0.15) is 0 Å². The summed E-state index contributed by atoms with van der Waals surface area (Å²) in [5.74, 6) is 1.86. The fourth-order valence-electron chi connectivity index (χ4n) is 5.17. The molecule has 1 fully saturated rings. The van der Waals surface area contributed by atoms with E-state index in [1.807, 2.05) is 12.4 Å². The number of hydrogen-bond acceptors (Lipinski definition) is 4. The monoisotopic (exact) mass is 488 g/mol. The van der Waals surface area contributed by atoms with Gasteiger partial charge in [-0.15, -0.1) is 0 Å². The summed E-state index contributed by atoms with van der Waals surface area (Å²) in [7, 11) is 0. The molecule has 1 aliphatic heterocycles. The summed E-state index contributed by atoms with van der Waals surface area (Å²) >= 11 is -1.37. The molecular weight excluding hydrogens is 447 g/mol. The molecule has 0 aromatic heterocycles. The highest BCUT2D eigenvalue weighted by Gasteiger charge is 2.28. The van der Waals surface area contributed by atoms with Crippen LogP contribution in [0.15, 0.2) is 34.3 Å². The topological polar surface area (TPSA) is 43.2 Å². The van der Waals surface area contributed by atoms with E-state index < -0.39 is 15.9 Å². The van der Waals surface area contributed by atoms with Crippen molar-refractivity contribution < 1.29 is 7.58 Å². The van der Waals surface area contributed by atoms with Crippen LogP contribution in [0, 0.1) is 13.8 Å². The van der Waals surface area contributed by atoms with Crippen LogP contribution in [0.2, 0.25) is 0 Å². The van der Waals surface area contributed by atoms with Crippen LogP contribution in [0.25, 0.3) is 0 Å². The van der Waals surface area contributed by atoms with Gasteiger partial charge in [-0.1, -0.05) is 66.5 Å². The van der Waals surface area contributed by atoms with E-state index in [1.165, 1.54) is 35.1 Å². The lowest BCUT2D eigenvalue weighted by Crippen LogP contribution is -2.27. The molecule has 35 heavy (non-hydrogen) atoms. The van der Waals surface area contributed by atoms with Crippen LogP contribution in [-0.4, -0.2) is 40.4 Å². The van der Waals surface area contributed by atoms with E-state index in [2.05, 4.69) is 79.7 Å². The molecule has 1 saturated carbocycles. The Kier molecular flexibility index (Phi) is 7.51. The number of benzene rings is 2. The van der Waals surface area contributed by atoms with Crippen molar-refractivity contribution in [3.8, 4) is 11.5 Å². The van der Waals surface area contributed by atoms with Gasteiger partial charge in [-0.25, -0.2) is 0 Å². The minimum Gasteiger partial charge on any atom is -0.614 e. The molecule has 1 heterocycles. The predicted molar refractivity (Wildman–Crippen MR) is 149 cm³/mol. The first kappa shape index (κ1) is 26.0. The molecule has 2 atom stereocenters. The van der Waals surface area contributed by atoms with E-state index in [9.17, 15) is 0 Å². The normalized spacial score (nSPS) is 20.6. The highest BCUT2D eigenvalue weighted by molar-refractivity contribution is 6.21. The third-order valence-electron chi connectivity index (χ3n) is 7.05. The molecule has 2 aliphatic rings. The van der Waals surface area contributed by atoms with E-state index in [1.54, 1.807) is 0 Å². The summed E-state index contributed by atoms with van der Waals surface area (Å²) in [5.41, 5.74) is 6.89. The Labute approximate surface area is 218 Å². The van der Waals surface area contributed by atoms with Gasteiger partial charge in [0.2, 0.25) is 0 Å². The van der Waals surface area contributed by atoms with Crippen LogP contribution in [0.4, 0.5) is 0 Å². The van der Waals surface area contributed by atoms with Crippen LogP contribution >= 0.6 is 0 Å².